The van der Waals surface area contributed by atoms with Gasteiger partial charge in [-0.15, -0.1) is 0 Å². The van der Waals surface area contributed by atoms with Gasteiger partial charge in [0.25, 0.3) is 0 Å². The maximum atomic E-state index is 13.1. The van der Waals surface area contributed by atoms with E-state index in [1.54, 1.807) is 44.2 Å². The molecule has 0 bridgehead atoms. The molecule has 2 aromatic carbocycles. The van der Waals surface area contributed by atoms with Gasteiger partial charge in [-0.05, 0) is 30.5 Å². The summed E-state index contributed by atoms with van der Waals surface area (Å²) >= 11 is 0. The molecule has 6 N–H and O–H groups in total. The molecule has 41 heavy (non-hydrogen) atoms. The number of hydrogen-bond acceptors (Lipinski definition) is 7. The lowest BCUT2D eigenvalue weighted by Gasteiger charge is -2.27. The number of phenols is 1. The summed E-state index contributed by atoms with van der Waals surface area (Å²) in [6, 6.07) is 9.36. The van der Waals surface area contributed by atoms with E-state index in [2.05, 4.69) is 21.3 Å². The van der Waals surface area contributed by atoms with Gasteiger partial charge in [-0.1, -0.05) is 56.3 Å². The van der Waals surface area contributed by atoms with Crippen molar-refractivity contribution in [2.75, 3.05) is 0 Å². The SMILES string of the molecule is CC(=O)N[C@@H](Cc1ccc(O)cc1)C(=O)N[C@H](C(=O)N[C@@H](C)C(=O)N[C@@H](CC(=O)O)C(=O)c1ccccc1)C(C)C. The summed E-state index contributed by atoms with van der Waals surface area (Å²) < 4.78 is 0. The van der Waals surface area contributed by atoms with E-state index in [-0.39, 0.29) is 17.7 Å². The van der Waals surface area contributed by atoms with E-state index in [1.165, 1.54) is 38.1 Å². The fourth-order valence-corrected chi connectivity index (χ4v) is 3.96. The summed E-state index contributed by atoms with van der Waals surface area (Å²) in [7, 11) is 0. The standard InChI is InChI=1S/C29H36N4O8/c1-16(2)25(33-28(40)23(31-18(4)34)14-19-10-12-21(35)13-11-19)29(41)30-17(3)27(39)32-22(15-24(36)37)26(38)20-8-6-5-7-9-20/h5-13,16-17,22-23,25,35H,14-15H2,1-4H3,(H,30,41)(H,31,34)(H,32,39)(H,33,40)(H,36,37)/t17-,22-,23-,25-/m0/s1. The number of aromatic hydroxyl groups is 1. The van der Waals surface area contributed by atoms with Crippen LogP contribution in [-0.4, -0.2) is 69.8 Å². The molecule has 220 valence electrons. The van der Waals surface area contributed by atoms with Crippen molar-refractivity contribution < 1.29 is 39.0 Å². The molecule has 2 rings (SSSR count). The summed E-state index contributed by atoms with van der Waals surface area (Å²) in [6.07, 6.45) is -0.562. The van der Waals surface area contributed by atoms with Crippen LogP contribution < -0.4 is 21.3 Å². The molecule has 12 heteroatoms. The number of benzene rings is 2. The predicted octanol–water partition coefficient (Wildman–Crippen LogP) is 0.927. The van der Waals surface area contributed by atoms with Crippen LogP contribution in [0.1, 0.15) is 50.0 Å². The Bertz CT molecular complexity index is 1250. The number of hydrogen-bond donors (Lipinski definition) is 6. The Balaban J connectivity index is 2.10. The Morgan fingerprint density at radius 1 is 0.732 bits per heavy atom. The van der Waals surface area contributed by atoms with E-state index in [4.69, 9.17) is 0 Å². The Hall–Kier alpha value is -4.74. The molecule has 0 aromatic heterocycles. The zero-order valence-electron chi connectivity index (χ0n) is 23.3. The largest absolute Gasteiger partial charge is 0.508 e. The minimum Gasteiger partial charge on any atom is -0.508 e. The van der Waals surface area contributed by atoms with Gasteiger partial charge in [0.05, 0.1) is 6.42 Å². The maximum absolute atomic E-state index is 13.1. The molecule has 0 aliphatic carbocycles. The number of phenolic OH excluding ortho intramolecular Hbond substituents is 1. The van der Waals surface area contributed by atoms with Gasteiger partial charge < -0.3 is 31.5 Å². The van der Waals surface area contributed by atoms with E-state index < -0.39 is 71.9 Å². The van der Waals surface area contributed by atoms with Gasteiger partial charge >= 0.3 is 5.97 Å². The lowest BCUT2D eigenvalue weighted by molar-refractivity contribution is -0.138. The Labute approximate surface area is 237 Å². The molecule has 0 unspecified atom stereocenters. The fourth-order valence-electron chi connectivity index (χ4n) is 3.96. The molecule has 0 heterocycles. The first-order chi connectivity index (χ1) is 19.3. The highest BCUT2D eigenvalue weighted by Crippen LogP contribution is 2.12. The van der Waals surface area contributed by atoms with Crippen molar-refractivity contribution >= 4 is 35.4 Å². The second kappa shape index (κ2) is 15.2. The third kappa shape index (κ3) is 10.4. The van der Waals surface area contributed by atoms with Crippen LogP contribution in [0.5, 0.6) is 5.75 Å². The molecule has 0 aliphatic heterocycles. The fraction of sp³-hybridized carbons (Fsp3) is 0.379. The first kappa shape index (κ1) is 32.5. The molecule has 0 saturated heterocycles. The number of aliphatic carboxylic acids is 1. The van der Waals surface area contributed by atoms with Gasteiger partial charge in [0, 0.05) is 18.9 Å². The quantitative estimate of drug-likeness (QED) is 0.181. The lowest BCUT2D eigenvalue weighted by atomic mass is 10.00. The first-order valence-electron chi connectivity index (χ1n) is 13.1. The molecular formula is C29H36N4O8. The summed E-state index contributed by atoms with van der Waals surface area (Å²) in [5.41, 5.74) is 0.882. The van der Waals surface area contributed by atoms with Crippen molar-refractivity contribution in [1.29, 1.82) is 0 Å². The zero-order valence-corrected chi connectivity index (χ0v) is 23.3. The summed E-state index contributed by atoms with van der Waals surface area (Å²) in [5.74, 6) is -4.82. The molecule has 0 spiro atoms. The van der Waals surface area contributed by atoms with Crippen molar-refractivity contribution in [2.45, 2.75) is 64.7 Å². The minimum absolute atomic E-state index is 0.0442. The van der Waals surface area contributed by atoms with Crippen molar-refractivity contribution in [1.82, 2.24) is 21.3 Å². The van der Waals surface area contributed by atoms with Crippen molar-refractivity contribution in [2.24, 2.45) is 5.92 Å². The Kier molecular flexibility index (Phi) is 12.0. The Morgan fingerprint density at radius 2 is 1.34 bits per heavy atom. The van der Waals surface area contributed by atoms with Gasteiger partial charge in [-0.25, -0.2) is 0 Å². The molecule has 0 saturated carbocycles. The molecular weight excluding hydrogens is 532 g/mol. The minimum atomic E-state index is -1.36. The highest BCUT2D eigenvalue weighted by Gasteiger charge is 2.32. The third-order valence-corrected chi connectivity index (χ3v) is 6.14. The molecule has 12 nitrogen and oxygen atoms in total. The number of carboxylic acids is 1. The van der Waals surface area contributed by atoms with Gasteiger partial charge in [-0.3, -0.25) is 28.8 Å². The summed E-state index contributed by atoms with van der Waals surface area (Å²) in [5, 5.41) is 28.8. The first-order valence-corrected chi connectivity index (χ1v) is 13.1. The number of nitrogens with one attached hydrogen (secondary N) is 4. The highest BCUT2D eigenvalue weighted by atomic mass is 16.4. The molecule has 0 aliphatic rings. The molecule has 4 atom stereocenters. The number of ketones is 1. The summed E-state index contributed by atoms with van der Waals surface area (Å²) in [6.45, 7) is 5.99. The van der Waals surface area contributed by atoms with Crippen LogP contribution in [0.3, 0.4) is 0 Å². The third-order valence-electron chi connectivity index (χ3n) is 6.14. The number of carbonyl (C=O) groups excluding carboxylic acids is 5. The van der Waals surface area contributed by atoms with Crippen LogP contribution in [0.2, 0.25) is 0 Å². The molecule has 0 fully saturated rings. The van der Waals surface area contributed by atoms with Crippen LogP contribution in [-0.2, 0) is 30.4 Å². The van der Waals surface area contributed by atoms with E-state index in [0.29, 0.717) is 5.56 Å². The van der Waals surface area contributed by atoms with Crippen molar-refractivity contribution in [3.63, 3.8) is 0 Å². The van der Waals surface area contributed by atoms with Crippen LogP contribution in [0.4, 0.5) is 0 Å². The smallest absolute Gasteiger partial charge is 0.305 e. The highest BCUT2D eigenvalue weighted by molar-refractivity contribution is 6.04. The molecule has 0 radical (unpaired) electrons. The average molecular weight is 569 g/mol. The summed E-state index contributed by atoms with van der Waals surface area (Å²) in [4.78, 5) is 75.0. The zero-order chi connectivity index (χ0) is 30.7. The average Bonchev–Trinajstić information content (AvgIpc) is 2.91. The number of rotatable bonds is 14. The van der Waals surface area contributed by atoms with Gasteiger partial charge in [-0.2, -0.15) is 0 Å². The van der Waals surface area contributed by atoms with E-state index in [9.17, 15) is 39.0 Å². The topological polar surface area (TPSA) is 191 Å². The second-order valence-corrected chi connectivity index (χ2v) is 9.97. The van der Waals surface area contributed by atoms with E-state index >= 15 is 0 Å². The van der Waals surface area contributed by atoms with Gasteiger partial charge in [0.1, 0.15) is 29.9 Å². The van der Waals surface area contributed by atoms with Crippen molar-refractivity contribution in [3.05, 3.63) is 65.7 Å². The van der Waals surface area contributed by atoms with Crippen LogP contribution in [0.25, 0.3) is 0 Å². The molecule has 4 amide bonds. The predicted molar refractivity (Wildman–Crippen MR) is 149 cm³/mol. The molecule has 2 aromatic rings. The maximum Gasteiger partial charge on any atom is 0.305 e. The van der Waals surface area contributed by atoms with Crippen LogP contribution in [0.15, 0.2) is 54.6 Å². The number of carbonyl (C=O) groups is 6. The van der Waals surface area contributed by atoms with Gasteiger partial charge in [0.2, 0.25) is 23.6 Å². The van der Waals surface area contributed by atoms with Crippen molar-refractivity contribution in [3.8, 4) is 5.75 Å². The van der Waals surface area contributed by atoms with E-state index in [0.717, 1.165) is 0 Å². The van der Waals surface area contributed by atoms with Crippen LogP contribution >= 0.6 is 0 Å². The lowest BCUT2D eigenvalue weighted by Crippen LogP contribution is -2.58. The van der Waals surface area contributed by atoms with Gasteiger partial charge in [0.15, 0.2) is 5.78 Å². The number of amides is 4. The normalized spacial score (nSPS) is 13.7. The Morgan fingerprint density at radius 3 is 1.88 bits per heavy atom. The van der Waals surface area contributed by atoms with Crippen LogP contribution in [0, 0.1) is 5.92 Å². The number of carboxylic acid groups (broad SMARTS) is 1. The van der Waals surface area contributed by atoms with E-state index in [1.807, 2.05) is 0 Å². The second-order valence-electron chi connectivity index (χ2n) is 9.97. The monoisotopic (exact) mass is 568 g/mol. The number of Topliss-reactive ketones (excluding diaryl/α,β-unsaturated/α-hetero) is 1.